The van der Waals surface area contributed by atoms with Crippen molar-refractivity contribution in [3.63, 3.8) is 0 Å². The standard InChI is InChI=1S/C32H37N7O5S/c1-32(2,3)44-31(41)38-17-15-37(16-18-38)24-13-14-27(33-21-24)35-30-34-20-22-19-26(45(42,43)25-11-5-4-6-12-25)29(40)39(28(22)36-30)23-9-7-8-10-23/h4-6,11-14,19-21,23H,7-10,15-18H2,1-3H3,(H,33,34,35,36). The lowest BCUT2D eigenvalue weighted by Crippen LogP contribution is -2.50. The average molecular weight is 632 g/mol. The molecule has 13 heteroatoms. The number of fused-ring (bicyclic) bond motifs is 1. The number of amides is 1. The lowest BCUT2D eigenvalue weighted by Gasteiger charge is -2.36. The van der Waals surface area contributed by atoms with E-state index in [4.69, 9.17) is 4.74 Å². The van der Waals surface area contributed by atoms with Gasteiger partial charge < -0.3 is 19.9 Å². The van der Waals surface area contributed by atoms with Crippen LogP contribution in [-0.2, 0) is 14.6 Å². The maximum absolute atomic E-state index is 13.8. The first-order valence-corrected chi connectivity index (χ1v) is 16.7. The van der Waals surface area contributed by atoms with Crippen LogP contribution in [0.4, 0.5) is 22.2 Å². The van der Waals surface area contributed by atoms with Crippen LogP contribution in [0.3, 0.4) is 0 Å². The van der Waals surface area contributed by atoms with Crippen molar-refractivity contribution in [3.8, 4) is 0 Å². The summed E-state index contributed by atoms with van der Waals surface area (Å²) in [7, 11) is -4.04. The lowest BCUT2D eigenvalue weighted by atomic mass is 10.2. The molecule has 3 aromatic heterocycles. The number of rotatable bonds is 6. The summed E-state index contributed by atoms with van der Waals surface area (Å²) in [5.74, 6) is 0.766. The first kappa shape index (κ1) is 30.5. The minimum atomic E-state index is -4.04. The number of sulfone groups is 1. The van der Waals surface area contributed by atoms with Crippen LogP contribution in [0.25, 0.3) is 11.0 Å². The maximum Gasteiger partial charge on any atom is 0.410 e. The largest absolute Gasteiger partial charge is 0.444 e. The molecule has 0 bridgehead atoms. The van der Waals surface area contributed by atoms with E-state index in [1.807, 2.05) is 32.9 Å². The van der Waals surface area contributed by atoms with Crippen LogP contribution in [0, 0.1) is 0 Å². The van der Waals surface area contributed by atoms with Crippen molar-refractivity contribution < 1.29 is 17.9 Å². The second-order valence-corrected chi connectivity index (χ2v) is 14.3. The van der Waals surface area contributed by atoms with E-state index in [0.29, 0.717) is 43.0 Å². The Balaban J connectivity index is 1.23. The predicted molar refractivity (Wildman–Crippen MR) is 171 cm³/mol. The fourth-order valence-electron chi connectivity index (χ4n) is 5.81. The van der Waals surface area contributed by atoms with Crippen LogP contribution in [0.15, 0.2) is 75.5 Å². The molecule has 6 rings (SSSR count). The SMILES string of the molecule is CC(C)(C)OC(=O)N1CCN(c2ccc(Nc3ncc4cc(S(=O)(=O)c5ccccc5)c(=O)n(C5CCCC5)c4n3)nc2)CC1. The molecule has 45 heavy (non-hydrogen) atoms. The number of pyridine rings is 2. The van der Waals surface area contributed by atoms with Crippen LogP contribution in [0.2, 0.25) is 0 Å². The number of aromatic nitrogens is 4. The van der Waals surface area contributed by atoms with Gasteiger partial charge in [-0.05, 0) is 63.9 Å². The quantitative estimate of drug-likeness (QED) is 0.311. The Hall–Kier alpha value is -4.52. The number of carbonyl (C=O) groups is 1. The Kier molecular flexibility index (Phi) is 8.21. The highest BCUT2D eigenvalue weighted by atomic mass is 32.2. The molecule has 0 atom stereocenters. The van der Waals surface area contributed by atoms with Crippen LogP contribution < -0.4 is 15.8 Å². The lowest BCUT2D eigenvalue weighted by molar-refractivity contribution is 0.0240. The van der Waals surface area contributed by atoms with Gasteiger partial charge in [0.25, 0.3) is 5.56 Å². The van der Waals surface area contributed by atoms with E-state index in [9.17, 15) is 18.0 Å². The molecule has 1 saturated heterocycles. The second-order valence-electron chi connectivity index (χ2n) is 12.4. The van der Waals surface area contributed by atoms with Gasteiger partial charge in [0.05, 0.1) is 16.8 Å². The zero-order valence-electron chi connectivity index (χ0n) is 25.6. The number of hydrogen-bond acceptors (Lipinski definition) is 10. The van der Waals surface area contributed by atoms with E-state index in [-0.39, 0.29) is 27.9 Å². The Labute approximate surface area is 262 Å². The first-order valence-electron chi connectivity index (χ1n) is 15.2. The fourth-order valence-corrected chi connectivity index (χ4v) is 7.19. The van der Waals surface area contributed by atoms with Crippen molar-refractivity contribution in [2.45, 2.75) is 67.9 Å². The molecule has 1 amide bonds. The Morgan fingerprint density at radius 1 is 0.956 bits per heavy atom. The van der Waals surface area contributed by atoms with Gasteiger partial charge in [0.2, 0.25) is 15.8 Å². The van der Waals surface area contributed by atoms with E-state index in [0.717, 1.165) is 31.4 Å². The molecule has 236 valence electrons. The van der Waals surface area contributed by atoms with E-state index in [2.05, 4.69) is 25.2 Å². The van der Waals surface area contributed by atoms with E-state index >= 15 is 0 Å². The Bertz CT molecular complexity index is 1860. The van der Waals surface area contributed by atoms with Gasteiger partial charge in [-0.3, -0.25) is 9.36 Å². The summed E-state index contributed by atoms with van der Waals surface area (Å²) < 4.78 is 34.0. The average Bonchev–Trinajstić information content (AvgIpc) is 3.55. The number of hydrogen-bond donors (Lipinski definition) is 1. The summed E-state index contributed by atoms with van der Waals surface area (Å²) in [4.78, 5) is 43.5. The highest BCUT2D eigenvalue weighted by Crippen LogP contribution is 2.32. The molecule has 1 aliphatic heterocycles. The summed E-state index contributed by atoms with van der Waals surface area (Å²) in [6.45, 7) is 7.98. The van der Waals surface area contributed by atoms with Crippen LogP contribution in [0.1, 0.15) is 52.5 Å². The van der Waals surface area contributed by atoms with E-state index < -0.39 is 21.0 Å². The molecular formula is C32H37N7O5S. The van der Waals surface area contributed by atoms with Gasteiger partial charge in [0, 0.05) is 43.8 Å². The van der Waals surface area contributed by atoms with Crippen LogP contribution in [-0.4, -0.2) is 70.7 Å². The number of nitrogens with one attached hydrogen (secondary N) is 1. The van der Waals surface area contributed by atoms with Gasteiger partial charge in [0.15, 0.2) is 0 Å². The summed E-state index contributed by atoms with van der Waals surface area (Å²) in [5, 5.41) is 3.59. The van der Waals surface area contributed by atoms with Gasteiger partial charge in [0.1, 0.15) is 22.0 Å². The molecule has 1 saturated carbocycles. The van der Waals surface area contributed by atoms with Gasteiger partial charge in [-0.15, -0.1) is 0 Å². The van der Waals surface area contributed by atoms with Gasteiger partial charge in [-0.2, -0.15) is 4.98 Å². The fraction of sp³-hybridized carbons (Fsp3) is 0.406. The van der Waals surface area contributed by atoms with Crippen molar-refractivity contribution in [1.29, 1.82) is 0 Å². The smallest absolute Gasteiger partial charge is 0.410 e. The van der Waals surface area contributed by atoms with Crippen molar-refractivity contribution in [1.82, 2.24) is 24.4 Å². The highest BCUT2D eigenvalue weighted by Gasteiger charge is 2.29. The van der Waals surface area contributed by atoms with Gasteiger partial charge in [-0.25, -0.2) is 23.2 Å². The minimum absolute atomic E-state index is 0.0677. The van der Waals surface area contributed by atoms with Crippen LogP contribution >= 0.6 is 0 Å². The van der Waals surface area contributed by atoms with Gasteiger partial charge in [-0.1, -0.05) is 31.0 Å². The molecule has 2 aliphatic rings. The third-order valence-electron chi connectivity index (χ3n) is 8.06. The number of benzene rings is 1. The van der Waals surface area contributed by atoms with E-state index in [1.54, 1.807) is 33.9 Å². The normalized spacial score (nSPS) is 16.2. The van der Waals surface area contributed by atoms with Crippen molar-refractivity contribution in [2.24, 2.45) is 0 Å². The summed E-state index contributed by atoms with van der Waals surface area (Å²) in [6, 6.07) is 13.0. The summed E-state index contributed by atoms with van der Waals surface area (Å²) >= 11 is 0. The number of nitrogens with zero attached hydrogens (tertiary/aromatic N) is 6. The molecule has 0 radical (unpaired) electrons. The monoisotopic (exact) mass is 631 g/mol. The minimum Gasteiger partial charge on any atom is -0.444 e. The molecule has 4 aromatic rings. The van der Waals surface area contributed by atoms with Crippen molar-refractivity contribution in [2.75, 3.05) is 36.4 Å². The molecule has 4 heterocycles. The summed E-state index contributed by atoms with van der Waals surface area (Å²) in [6.07, 6.45) is 6.44. The van der Waals surface area contributed by atoms with Crippen LogP contribution in [0.5, 0.6) is 0 Å². The highest BCUT2D eigenvalue weighted by molar-refractivity contribution is 7.91. The topological polar surface area (TPSA) is 140 Å². The number of ether oxygens (including phenoxy) is 1. The Morgan fingerprint density at radius 2 is 1.67 bits per heavy atom. The molecule has 0 unspecified atom stereocenters. The molecule has 1 aromatic carbocycles. The molecule has 2 fully saturated rings. The second kappa shape index (κ2) is 12.1. The first-order chi connectivity index (χ1) is 21.5. The molecule has 0 spiro atoms. The maximum atomic E-state index is 13.8. The third kappa shape index (κ3) is 6.48. The number of anilines is 3. The Morgan fingerprint density at radius 3 is 2.31 bits per heavy atom. The number of piperazine rings is 1. The van der Waals surface area contributed by atoms with E-state index in [1.165, 1.54) is 24.4 Å². The molecule has 12 nitrogen and oxygen atoms in total. The zero-order chi connectivity index (χ0) is 31.8. The predicted octanol–water partition coefficient (Wildman–Crippen LogP) is 4.94. The molecule has 1 aliphatic carbocycles. The molecular weight excluding hydrogens is 594 g/mol. The summed E-state index contributed by atoms with van der Waals surface area (Å²) in [5.41, 5.74) is 0.203. The van der Waals surface area contributed by atoms with Crippen molar-refractivity contribution in [3.05, 3.63) is 71.3 Å². The van der Waals surface area contributed by atoms with Crippen molar-refractivity contribution >= 4 is 44.4 Å². The molecule has 1 N–H and O–H groups in total. The number of carbonyl (C=O) groups excluding carboxylic acids is 1. The third-order valence-corrected chi connectivity index (χ3v) is 9.82. The van der Waals surface area contributed by atoms with Gasteiger partial charge >= 0.3 is 6.09 Å². The zero-order valence-corrected chi connectivity index (χ0v) is 26.5.